The number of methoxy groups -OCH3 is 2. The fraction of sp³-hybridized carbons (Fsp3) is 0.467. The fourth-order valence-corrected chi connectivity index (χ4v) is 2.02. The highest BCUT2D eigenvalue weighted by molar-refractivity contribution is 5.96. The Morgan fingerprint density at radius 3 is 2.32 bits per heavy atom. The van der Waals surface area contributed by atoms with Gasteiger partial charge in [0.2, 0.25) is 5.91 Å². The van der Waals surface area contributed by atoms with Crippen molar-refractivity contribution >= 4 is 11.9 Å². The number of hydrogen-bond donors (Lipinski definition) is 2. The number of benzene rings is 1. The lowest BCUT2D eigenvalue weighted by atomic mass is 10.1. The van der Waals surface area contributed by atoms with E-state index < -0.39 is 18.0 Å². The Hall–Kier alpha value is -2.28. The summed E-state index contributed by atoms with van der Waals surface area (Å²) in [6, 6.07) is 2.41. The molecule has 0 heterocycles. The Labute approximate surface area is 130 Å². The van der Waals surface area contributed by atoms with Gasteiger partial charge in [0.25, 0.3) is 0 Å². The van der Waals surface area contributed by atoms with E-state index >= 15 is 0 Å². The highest BCUT2D eigenvalue weighted by atomic mass is 16.5. The molecule has 7 heteroatoms. The zero-order valence-electron chi connectivity index (χ0n) is 13.6. The van der Waals surface area contributed by atoms with Crippen molar-refractivity contribution in [1.82, 2.24) is 10.2 Å². The third kappa shape index (κ3) is 4.36. The van der Waals surface area contributed by atoms with Crippen LogP contribution in [0.25, 0.3) is 0 Å². The van der Waals surface area contributed by atoms with Gasteiger partial charge in [-0.3, -0.25) is 15.0 Å². The topological polar surface area (TPSA) is 93.9 Å². The van der Waals surface area contributed by atoms with Crippen molar-refractivity contribution in [2.45, 2.75) is 26.4 Å². The molecular weight excluding hydrogens is 286 g/mol. The molecule has 0 spiro atoms. The molecule has 0 saturated carbocycles. The largest absolute Gasteiger partial charge is 0.493 e. The molecule has 1 rings (SSSR count). The minimum Gasteiger partial charge on any atom is -0.493 e. The molecule has 22 heavy (non-hydrogen) atoms. The number of carbonyl (C=O) groups is 2. The molecule has 0 aliphatic rings. The molecule has 122 valence electrons. The normalized spacial score (nSPS) is 11.9. The fourth-order valence-electron chi connectivity index (χ4n) is 2.02. The minimum absolute atomic E-state index is 0.437. The Bertz CT molecular complexity index is 560. The van der Waals surface area contributed by atoms with E-state index in [0.717, 1.165) is 11.1 Å². The number of imide groups is 1. The van der Waals surface area contributed by atoms with Gasteiger partial charge >= 0.3 is 6.03 Å². The predicted octanol–water partition coefficient (Wildman–Crippen LogP) is 1.03. The number of hydrogen-bond acceptors (Lipinski definition) is 5. The first-order valence-electron chi connectivity index (χ1n) is 6.82. The third-order valence-electron chi connectivity index (χ3n) is 3.55. The summed E-state index contributed by atoms with van der Waals surface area (Å²) in [5.74, 6) is 0.852. The van der Waals surface area contributed by atoms with E-state index in [1.807, 2.05) is 24.0 Å². The van der Waals surface area contributed by atoms with Gasteiger partial charge in [-0.05, 0) is 44.2 Å². The number of ether oxygens (including phenoxy) is 2. The highest BCUT2D eigenvalue weighted by Gasteiger charge is 2.20. The van der Waals surface area contributed by atoms with Crippen LogP contribution in [0.3, 0.4) is 0 Å². The van der Waals surface area contributed by atoms with Crippen molar-refractivity contribution in [2.24, 2.45) is 5.73 Å². The summed E-state index contributed by atoms with van der Waals surface area (Å²) in [6.07, 6.45) is 0. The van der Waals surface area contributed by atoms with Crippen molar-refractivity contribution in [3.05, 3.63) is 23.3 Å². The van der Waals surface area contributed by atoms with E-state index in [1.54, 1.807) is 28.2 Å². The molecule has 0 radical (unpaired) electrons. The average Bonchev–Trinajstić information content (AvgIpc) is 2.47. The van der Waals surface area contributed by atoms with Crippen LogP contribution in [0.2, 0.25) is 0 Å². The second-order valence-corrected chi connectivity index (χ2v) is 5.08. The highest BCUT2D eigenvalue weighted by Crippen LogP contribution is 2.30. The van der Waals surface area contributed by atoms with Crippen LogP contribution in [-0.4, -0.2) is 44.1 Å². The first-order valence-corrected chi connectivity index (χ1v) is 6.82. The molecule has 0 bridgehead atoms. The van der Waals surface area contributed by atoms with Crippen LogP contribution in [0, 0.1) is 6.92 Å². The molecule has 3 N–H and O–H groups in total. The number of nitrogens with one attached hydrogen (secondary N) is 1. The van der Waals surface area contributed by atoms with E-state index in [2.05, 4.69) is 5.32 Å². The van der Waals surface area contributed by atoms with Crippen molar-refractivity contribution < 1.29 is 19.1 Å². The average molecular weight is 309 g/mol. The molecule has 3 amide bonds. The number of rotatable bonds is 6. The van der Waals surface area contributed by atoms with Crippen molar-refractivity contribution in [2.75, 3.05) is 21.3 Å². The van der Waals surface area contributed by atoms with Gasteiger partial charge < -0.3 is 15.2 Å². The lowest BCUT2D eigenvalue weighted by molar-refractivity contribution is -0.124. The number of urea groups is 1. The SMILES string of the molecule is COc1cc(C)c(CN(C)[C@H](C)C(=O)NC(N)=O)cc1OC. The van der Waals surface area contributed by atoms with Gasteiger partial charge in [0, 0.05) is 6.54 Å². The summed E-state index contributed by atoms with van der Waals surface area (Å²) < 4.78 is 10.5. The quantitative estimate of drug-likeness (QED) is 0.818. The molecule has 0 fully saturated rings. The molecule has 7 nitrogen and oxygen atoms in total. The molecule has 0 aliphatic carbocycles. The Morgan fingerprint density at radius 1 is 1.27 bits per heavy atom. The zero-order valence-corrected chi connectivity index (χ0v) is 13.6. The first-order chi connectivity index (χ1) is 10.3. The first kappa shape index (κ1) is 17.8. The van der Waals surface area contributed by atoms with E-state index in [1.165, 1.54) is 0 Å². The van der Waals surface area contributed by atoms with Gasteiger partial charge in [-0.25, -0.2) is 4.79 Å². The number of amides is 3. The Balaban J connectivity index is 2.89. The van der Waals surface area contributed by atoms with Crippen molar-refractivity contribution in [3.63, 3.8) is 0 Å². The lowest BCUT2D eigenvalue weighted by Crippen LogP contribution is -2.46. The smallest absolute Gasteiger partial charge is 0.318 e. The summed E-state index contributed by atoms with van der Waals surface area (Å²) in [5.41, 5.74) is 6.98. The number of aryl methyl sites for hydroxylation is 1. The molecule has 0 saturated heterocycles. The molecule has 0 unspecified atom stereocenters. The number of primary amides is 1. The van der Waals surface area contributed by atoms with E-state index in [4.69, 9.17) is 15.2 Å². The minimum atomic E-state index is -0.854. The number of carbonyl (C=O) groups excluding carboxylic acids is 2. The van der Waals surface area contributed by atoms with Crippen LogP contribution in [0.1, 0.15) is 18.1 Å². The predicted molar refractivity (Wildman–Crippen MR) is 82.9 cm³/mol. The van der Waals surface area contributed by atoms with Crippen LogP contribution < -0.4 is 20.5 Å². The third-order valence-corrected chi connectivity index (χ3v) is 3.55. The van der Waals surface area contributed by atoms with Gasteiger partial charge in [0.1, 0.15) is 0 Å². The molecule has 1 aromatic carbocycles. The second-order valence-electron chi connectivity index (χ2n) is 5.08. The standard InChI is InChI=1S/C15H23N3O4/c1-9-6-12(21-4)13(22-5)7-11(9)8-18(3)10(2)14(19)17-15(16)20/h6-7,10H,8H2,1-5H3,(H3,16,17,19,20)/t10-/m1/s1. The summed E-state index contributed by atoms with van der Waals surface area (Å²) in [5, 5.41) is 2.08. The van der Waals surface area contributed by atoms with Crippen LogP contribution in [0.5, 0.6) is 11.5 Å². The van der Waals surface area contributed by atoms with Gasteiger partial charge in [0.05, 0.1) is 20.3 Å². The van der Waals surface area contributed by atoms with Crippen LogP contribution in [-0.2, 0) is 11.3 Å². The monoisotopic (exact) mass is 309 g/mol. The van der Waals surface area contributed by atoms with Crippen LogP contribution in [0.15, 0.2) is 12.1 Å². The lowest BCUT2D eigenvalue weighted by Gasteiger charge is -2.24. The summed E-state index contributed by atoms with van der Waals surface area (Å²) in [4.78, 5) is 24.4. The van der Waals surface area contributed by atoms with E-state index in [0.29, 0.717) is 18.0 Å². The second kappa shape index (κ2) is 7.65. The molecule has 0 aliphatic heterocycles. The maximum Gasteiger partial charge on any atom is 0.318 e. The Kier molecular flexibility index (Phi) is 6.18. The Morgan fingerprint density at radius 2 is 1.82 bits per heavy atom. The molecular formula is C15H23N3O4. The number of likely N-dealkylation sites (N-methyl/N-ethyl adjacent to an activating group) is 1. The maximum atomic E-state index is 11.8. The van der Waals surface area contributed by atoms with Crippen molar-refractivity contribution in [3.8, 4) is 11.5 Å². The van der Waals surface area contributed by atoms with Gasteiger partial charge in [-0.1, -0.05) is 0 Å². The van der Waals surface area contributed by atoms with Gasteiger partial charge in [0.15, 0.2) is 11.5 Å². The zero-order chi connectivity index (χ0) is 16.9. The van der Waals surface area contributed by atoms with Crippen LogP contribution >= 0.6 is 0 Å². The molecule has 1 atom stereocenters. The summed E-state index contributed by atoms with van der Waals surface area (Å²) >= 11 is 0. The van der Waals surface area contributed by atoms with Crippen molar-refractivity contribution in [1.29, 1.82) is 0 Å². The van der Waals surface area contributed by atoms with Gasteiger partial charge in [-0.15, -0.1) is 0 Å². The number of nitrogens with two attached hydrogens (primary N) is 1. The van der Waals surface area contributed by atoms with Gasteiger partial charge in [-0.2, -0.15) is 0 Å². The van der Waals surface area contributed by atoms with E-state index in [9.17, 15) is 9.59 Å². The van der Waals surface area contributed by atoms with E-state index in [-0.39, 0.29) is 0 Å². The molecule has 0 aromatic heterocycles. The molecule has 1 aromatic rings. The summed E-state index contributed by atoms with van der Waals surface area (Å²) in [7, 11) is 4.95. The number of nitrogens with zero attached hydrogens (tertiary/aromatic N) is 1. The maximum absolute atomic E-state index is 11.8. The summed E-state index contributed by atoms with van der Waals surface area (Å²) in [6.45, 7) is 4.17. The van der Waals surface area contributed by atoms with Crippen LogP contribution in [0.4, 0.5) is 4.79 Å².